The molecule has 1 N–H and O–H groups in total. The van der Waals surface area contributed by atoms with E-state index in [1.165, 1.54) is 19.3 Å². The van der Waals surface area contributed by atoms with Crippen molar-refractivity contribution in [3.8, 4) is 0 Å². The third-order valence-electron chi connectivity index (χ3n) is 5.64. The Bertz CT molecular complexity index is 752. The van der Waals surface area contributed by atoms with Gasteiger partial charge in [-0.1, -0.05) is 62.4 Å². The van der Waals surface area contributed by atoms with Crippen molar-refractivity contribution in [2.24, 2.45) is 0 Å². The molecular formula is C23H32ClN3O. The van der Waals surface area contributed by atoms with Gasteiger partial charge in [0.1, 0.15) is 0 Å². The Balaban J connectivity index is 1.74. The molecule has 0 bridgehead atoms. The van der Waals surface area contributed by atoms with Crippen molar-refractivity contribution in [1.82, 2.24) is 14.8 Å². The van der Waals surface area contributed by atoms with E-state index in [-0.39, 0.29) is 6.03 Å². The van der Waals surface area contributed by atoms with Gasteiger partial charge in [0.05, 0.1) is 6.54 Å². The van der Waals surface area contributed by atoms with Crippen molar-refractivity contribution < 1.29 is 4.79 Å². The second-order valence-corrected chi connectivity index (χ2v) is 8.13. The fourth-order valence-electron chi connectivity index (χ4n) is 3.97. The Morgan fingerprint density at radius 1 is 1.18 bits per heavy atom. The van der Waals surface area contributed by atoms with Crippen LogP contribution in [0.5, 0.6) is 0 Å². The van der Waals surface area contributed by atoms with Gasteiger partial charge < -0.3 is 14.8 Å². The number of amides is 2. The maximum atomic E-state index is 13.0. The number of nitrogens with one attached hydrogen (secondary N) is 1. The summed E-state index contributed by atoms with van der Waals surface area (Å²) >= 11 is 6.35. The molecule has 1 fully saturated rings. The molecule has 0 atom stereocenters. The smallest absolute Gasteiger partial charge is 0.318 e. The number of urea groups is 1. The first kappa shape index (κ1) is 20.8. The summed E-state index contributed by atoms with van der Waals surface area (Å²) < 4.78 is 2.20. The highest BCUT2D eigenvalue weighted by atomic mass is 35.5. The number of unbranched alkanes of at least 4 members (excludes halogenated alkanes) is 1. The van der Waals surface area contributed by atoms with E-state index in [0.29, 0.717) is 12.6 Å². The fraction of sp³-hybridized carbons (Fsp3) is 0.522. The minimum absolute atomic E-state index is 0.0749. The third-order valence-corrected chi connectivity index (χ3v) is 6.01. The van der Waals surface area contributed by atoms with Crippen LogP contribution in [0.15, 0.2) is 42.6 Å². The van der Waals surface area contributed by atoms with Gasteiger partial charge in [0.25, 0.3) is 0 Å². The zero-order chi connectivity index (χ0) is 19.8. The summed E-state index contributed by atoms with van der Waals surface area (Å²) in [6, 6.07) is 12.5. The zero-order valence-corrected chi connectivity index (χ0v) is 17.6. The van der Waals surface area contributed by atoms with Gasteiger partial charge in [0.15, 0.2) is 0 Å². The molecule has 2 aromatic rings. The van der Waals surface area contributed by atoms with E-state index in [2.05, 4.69) is 46.1 Å². The SMILES string of the molecule is CCCCNC(=O)N(Cc1cccn1Cc1ccccc1Cl)C1CCCCC1. The summed E-state index contributed by atoms with van der Waals surface area (Å²) in [6.07, 6.45) is 10.1. The first-order valence-corrected chi connectivity index (χ1v) is 11.0. The third kappa shape index (κ3) is 5.54. The molecule has 2 amide bonds. The molecule has 4 nitrogen and oxygen atoms in total. The van der Waals surface area contributed by atoms with Gasteiger partial charge in [-0.15, -0.1) is 0 Å². The highest BCUT2D eigenvalue weighted by Crippen LogP contribution is 2.25. The van der Waals surface area contributed by atoms with E-state index in [4.69, 9.17) is 11.6 Å². The van der Waals surface area contributed by atoms with Crippen LogP contribution in [0.3, 0.4) is 0 Å². The molecule has 1 aromatic heterocycles. The standard InChI is InChI=1S/C23H32ClN3O/c1-2-3-15-25-23(28)27(20-11-5-4-6-12-20)18-21-13-9-16-26(21)17-19-10-7-8-14-22(19)24/h7-10,13-14,16,20H,2-6,11-12,15,17-18H2,1H3,(H,25,28). The number of carbonyl (C=O) groups excluding carboxylic acids is 1. The maximum absolute atomic E-state index is 13.0. The summed E-state index contributed by atoms with van der Waals surface area (Å²) in [5.41, 5.74) is 2.24. The van der Waals surface area contributed by atoms with Crippen molar-refractivity contribution in [2.45, 2.75) is 71.0 Å². The van der Waals surface area contributed by atoms with Crippen molar-refractivity contribution in [3.63, 3.8) is 0 Å². The molecule has 0 radical (unpaired) electrons. The number of benzene rings is 1. The van der Waals surface area contributed by atoms with Crippen molar-refractivity contribution in [3.05, 3.63) is 58.9 Å². The Labute approximate surface area is 173 Å². The molecule has 1 aliphatic carbocycles. The van der Waals surface area contributed by atoms with Gasteiger partial charge in [-0.3, -0.25) is 0 Å². The van der Waals surface area contributed by atoms with Gasteiger partial charge in [-0.2, -0.15) is 0 Å². The fourth-order valence-corrected chi connectivity index (χ4v) is 4.16. The van der Waals surface area contributed by atoms with E-state index in [1.807, 2.05) is 18.2 Å². The van der Waals surface area contributed by atoms with E-state index < -0.39 is 0 Å². The molecule has 1 heterocycles. The van der Waals surface area contributed by atoms with Crippen LogP contribution < -0.4 is 5.32 Å². The normalized spacial score (nSPS) is 14.8. The Kier molecular flexibility index (Phi) is 7.84. The summed E-state index contributed by atoms with van der Waals surface area (Å²) in [5, 5.41) is 3.91. The van der Waals surface area contributed by atoms with Gasteiger partial charge in [0, 0.05) is 36.0 Å². The van der Waals surface area contributed by atoms with Crippen molar-refractivity contribution in [1.29, 1.82) is 0 Å². The van der Waals surface area contributed by atoms with Crippen LogP contribution in [0.25, 0.3) is 0 Å². The van der Waals surface area contributed by atoms with Crippen LogP contribution in [0.2, 0.25) is 5.02 Å². The zero-order valence-electron chi connectivity index (χ0n) is 16.9. The molecule has 1 saturated carbocycles. The second kappa shape index (κ2) is 10.6. The van der Waals surface area contributed by atoms with Crippen molar-refractivity contribution >= 4 is 17.6 Å². The highest BCUT2D eigenvalue weighted by Gasteiger charge is 2.26. The second-order valence-electron chi connectivity index (χ2n) is 7.72. The van der Waals surface area contributed by atoms with Crippen LogP contribution in [0.4, 0.5) is 4.79 Å². The average molecular weight is 402 g/mol. The van der Waals surface area contributed by atoms with Crippen LogP contribution in [-0.4, -0.2) is 28.1 Å². The lowest BCUT2D eigenvalue weighted by atomic mass is 9.94. The molecule has 5 heteroatoms. The number of aromatic nitrogens is 1. The molecule has 0 saturated heterocycles. The van der Waals surface area contributed by atoms with E-state index >= 15 is 0 Å². The Morgan fingerprint density at radius 3 is 2.71 bits per heavy atom. The minimum Gasteiger partial charge on any atom is -0.345 e. The van der Waals surface area contributed by atoms with Gasteiger partial charge in [0.2, 0.25) is 0 Å². The molecule has 0 unspecified atom stereocenters. The summed E-state index contributed by atoms with van der Waals surface area (Å²) in [7, 11) is 0. The predicted molar refractivity (Wildman–Crippen MR) is 116 cm³/mol. The largest absolute Gasteiger partial charge is 0.345 e. The minimum atomic E-state index is 0.0749. The highest BCUT2D eigenvalue weighted by molar-refractivity contribution is 6.31. The summed E-state index contributed by atoms with van der Waals surface area (Å²) in [5.74, 6) is 0. The Morgan fingerprint density at radius 2 is 1.96 bits per heavy atom. The number of halogens is 1. The Hall–Kier alpha value is -1.94. The molecule has 0 aliphatic heterocycles. The summed E-state index contributed by atoms with van der Waals surface area (Å²) in [4.78, 5) is 15.0. The molecule has 152 valence electrons. The molecule has 0 spiro atoms. The van der Waals surface area contributed by atoms with Gasteiger partial charge >= 0.3 is 6.03 Å². The van der Waals surface area contributed by atoms with Crippen LogP contribution in [0, 0.1) is 0 Å². The van der Waals surface area contributed by atoms with Crippen LogP contribution >= 0.6 is 11.6 Å². The summed E-state index contributed by atoms with van der Waals surface area (Å²) in [6.45, 7) is 4.25. The molecule has 1 aromatic carbocycles. The lowest BCUT2D eigenvalue weighted by Crippen LogP contribution is -2.47. The number of hydrogen-bond acceptors (Lipinski definition) is 1. The number of rotatable bonds is 8. The molecular weight excluding hydrogens is 370 g/mol. The average Bonchev–Trinajstić information content (AvgIpc) is 3.15. The van der Waals surface area contributed by atoms with Crippen LogP contribution in [0.1, 0.15) is 63.1 Å². The topological polar surface area (TPSA) is 37.3 Å². The number of hydrogen-bond donors (Lipinski definition) is 1. The first-order chi connectivity index (χ1) is 13.7. The quantitative estimate of drug-likeness (QED) is 0.554. The predicted octanol–water partition coefficient (Wildman–Crippen LogP) is 5.83. The molecule has 3 rings (SSSR count). The van der Waals surface area contributed by atoms with Crippen molar-refractivity contribution in [2.75, 3.05) is 6.54 Å². The monoisotopic (exact) mass is 401 g/mol. The lowest BCUT2D eigenvalue weighted by molar-refractivity contribution is 0.149. The van der Waals surface area contributed by atoms with E-state index in [0.717, 1.165) is 55.1 Å². The van der Waals surface area contributed by atoms with E-state index in [1.54, 1.807) is 0 Å². The molecule has 1 aliphatic rings. The van der Waals surface area contributed by atoms with E-state index in [9.17, 15) is 4.79 Å². The van der Waals surface area contributed by atoms with Crippen LogP contribution in [-0.2, 0) is 13.1 Å². The van der Waals surface area contributed by atoms with Gasteiger partial charge in [-0.25, -0.2) is 4.79 Å². The molecule has 28 heavy (non-hydrogen) atoms. The lowest BCUT2D eigenvalue weighted by Gasteiger charge is -2.34. The number of carbonyl (C=O) groups is 1. The first-order valence-electron chi connectivity index (χ1n) is 10.6. The number of nitrogens with zero attached hydrogens (tertiary/aromatic N) is 2. The van der Waals surface area contributed by atoms with Gasteiger partial charge in [-0.05, 0) is 43.0 Å². The maximum Gasteiger partial charge on any atom is 0.318 e.